The minimum absolute atomic E-state index is 0.415. The molecular weight excluding hydrogens is 270 g/mol. The third-order valence-electron chi connectivity index (χ3n) is 2.76. The fraction of sp³-hybridized carbons (Fsp3) is 0.455. The quantitative estimate of drug-likeness (QED) is 0.802. The first-order chi connectivity index (χ1) is 8.54. The number of nitriles is 1. The zero-order valence-electron chi connectivity index (χ0n) is 9.91. The Morgan fingerprint density at radius 1 is 1.61 bits per heavy atom. The Morgan fingerprint density at radius 3 is 3.06 bits per heavy atom. The van der Waals surface area contributed by atoms with Crippen molar-refractivity contribution in [3.05, 3.63) is 23.9 Å². The second kappa shape index (κ2) is 5.16. The molecule has 7 heteroatoms. The molecule has 0 amide bonds. The van der Waals surface area contributed by atoms with Gasteiger partial charge in [-0.05, 0) is 12.1 Å². The van der Waals surface area contributed by atoms with Crippen molar-refractivity contribution in [3.63, 3.8) is 0 Å². The lowest BCUT2D eigenvalue weighted by atomic mass is 10.2. The number of anilines is 1. The summed E-state index contributed by atoms with van der Waals surface area (Å²) in [7, 11) is -3.19. The second-order valence-electron chi connectivity index (χ2n) is 4.04. The third-order valence-corrected chi connectivity index (χ3v) is 5.40. The fourth-order valence-corrected chi connectivity index (χ4v) is 4.71. The number of pyridine rings is 1. The predicted octanol–water partition coefficient (Wildman–Crippen LogP) is 0.877. The molecule has 0 spiro atoms. The summed E-state index contributed by atoms with van der Waals surface area (Å²) in [5.74, 6) is 1.82. The minimum Gasteiger partial charge on any atom is -0.337 e. The van der Waals surface area contributed by atoms with E-state index in [0.29, 0.717) is 23.7 Å². The topological polar surface area (TPSA) is 74.1 Å². The van der Waals surface area contributed by atoms with Crippen LogP contribution in [0, 0.1) is 11.3 Å². The van der Waals surface area contributed by atoms with Crippen LogP contribution in [-0.4, -0.2) is 43.1 Å². The highest BCUT2D eigenvalue weighted by Gasteiger charge is 2.32. The predicted molar refractivity (Wildman–Crippen MR) is 72.3 cm³/mol. The van der Waals surface area contributed by atoms with Gasteiger partial charge in [-0.3, -0.25) is 0 Å². The molecule has 1 aliphatic heterocycles. The van der Waals surface area contributed by atoms with Crippen LogP contribution in [0.5, 0.6) is 0 Å². The highest BCUT2D eigenvalue weighted by Crippen LogP contribution is 2.27. The normalized spacial score (nSPS) is 20.4. The van der Waals surface area contributed by atoms with E-state index in [1.54, 1.807) is 35.0 Å². The summed E-state index contributed by atoms with van der Waals surface area (Å²) in [6, 6.07) is 5.39. The fourth-order valence-electron chi connectivity index (χ4n) is 1.89. The van der Waals surface area contributed by atoms with Gasteiger partial charge in [-0.15, -0.1) is 0 Å². The summed E-state index contributed by atoms with van der Waals surface area (Å²) < 4.78 is 23.6. The van der Waals surface area contributed by atoms with E-state index in [1.165, 1.54) is 6.26 Å². The van der Waals surface area contributed by atoms with E-state index in [4.69, 9.17) is 5.26 Å². The van der Waals surface area contributed by atoms with E-state index in [9.17, 15) is 8.42 Å². The molecule has 5 nitrogen and oxygen atoms in total. The van der Waals surface area contributed by atoms with Crippen LogP contribution in [0.2, 0.25) is 0 Å². The number of rotatable bonds is 2. The van der Waals surface area contributed by atoms with Gasteiger partial charge in [0.25, 0.3) is 0 Å². The highest BCUT2D eigenvalue weighted by molar-refractivity contribution is 8.01. The Bertz CT molecular complexity index is 580. The van der Waals surface area contributed by atoms with Gasteiger partial charge in [0.05, 0.1) is 5.56 Å². The van der Waals surface area contributed by atoms with Crippen molar-refractivity contribution in [2.45, 2.75) is 5.37 Å². The molecule has 1 atom stereocenters. The molecule has 18 heavy (non-hydrogen) atoms. The van der Waals surface area contributed by atoms with Gasteiger partial charge in [0.2, 0.25) is 0 Å². The average molecular weight is 283 g/mol. The van der Waals surface area contributed by atoms with Gasteiger partial charge in [0.1, 0.15) is 17.3 Å². The van der Waals surface area contributed by atoms with Crippen LogP contribution in [0.25, 0.3) is 0 Å². The van der Waals surface area contributed by atoms with Crippen molar-refractivity contribution in [2.24, 2.45) is 0 Å². The van der Waals surface area contributed by atoms with Crippen LogP contribution in [0.4, 0.5) is 5.82 Å². The zero-order valence-corrected chi connectivity index (χ0v) is 11.5. The van der Waals surface area contributed by atoms with Crippen LogP contribution in [0.3, 0.4) is 0 Å². The second-order valence-corrected chi connectivity index (χ2v) is 7.39. The Morgan fingerprint density at radius 2 is 2.39 bits per heavy atom. The van der Waals surface area contributed by atoms with E-state index in [0.717, 1.165) is 5.75 Å². The number of thioether (sulfide) groups is 1. The largest absolute Gasteiger partial charge is 0.337 e. The number of nitrogens with zero attached hydrogens (tertiary/aromatic N) is 3. The van der Waals surface area contributed by atoms with Gasteiger partial charge in [-0.2, -0.15) is 17.0 Å². The molecule has 0 aromatic carbocycles. The van der Waals surface area contributed by atoms with Crippen LogP contribution >= 0.6 is 11.8 Å². The summed E-state index contributed by atoms with van der Waals surface area (Å²) in [5, 5.41) is 8.47. The van der Waals surface area contributed by atoms with Gasteiger partial charge in [0.15, 0.2) is 9.84 Å². The van der Waals surface area contributed by atoms with Gasteiger partial charge in [-0.25, -0.2) is 13.4 Å². The Labute approximate surface area is 111 Å². The third kappa shape index (κ3) is 2.60. The maximum atomic E-state index is 11.8. The first kappa shape index (κ1) is 13.2. The summed E-state index contributed by atoms with van der Waals surface area (Å²) in [6.45, 7) is 0.591. The van der Waals surface area contributed by atoms with E-state index < -0.39 is 15.2 Å². The highest BCUT2D eigenvalue weighted by atomic mass is 32.2. The van der Waals surface area contributed by atoms with Crippen molar-refractivity contribution in [2.75, 3.05) is 29.2 Å². The molecule has 1 aromatic rings. The Balaban J connectivity index is 2.44. The van der Waals surface area contributed by atoms with Crippen molar-refractivity contribution < 1.29 is 8.42 Å². The first-order valence-corrected chi connectivity index (χ1v) is 8.53. The van der Waals surface area contributed by atoms with E-state index in [2.05, 4.69) is 11.1 Å². The molecule has 0 aliphatic carbocycles. The smallest absolute Gasteiger partial charge is 0.169 e. The van der Waals surface area contributed by atoms with Gasteiger partial charge >= 0.3 is 0 Å². The van der Waals surface area contributed by atoms with E-state index in [-0.39, 0.29) is 0 Å². The van der Waals surface area contributed by atoms with Crippen LogP contribution in [0.1, 0.15) is 5.56 Å². The summed E-state index contributed by atoms with van der Waals surface area (Å²) in [6.07, 6.45) is 2.81. The SMILES string of the molecule is CS(=O)(=O)C1CSCCN1c1ncccc1C#N. The molecule has 1 saturated heterocycles. The molecule has 2 heterocycles. The lowest BCUT2D eigenvalue weighted by Crippen LogP contribution is -2.47. The summed E-state index contributed by atoms with van der Waals surface area (Å²) in [4.78, 5) is 5.89. The van der Waals surface area contributed by atoms with Crippen molar-refractivity contribution in [1.29, 1.82) is 5.26 Å². The molecule has 0 radical (unpaired) electrons. The lowest BCUT2D eigenvalue weighted by molar-refractivity contribution is 0.583. The number of sulfone groups is 1. The van der Waals surface area contributed by atoms with Crippen molar-refractivity contribution >= 4 is 27.4 Å². The molecule has 1 aliphatic rings. The van der Waals surface area contributed by atoms with Crippen LogP contribution in [-0.2, 0) is 9.84 Å². The molecule has 1 unspecified atom stereocenters. The van der Waals surface area contributed by atoms with Crippen LogP contribution < -0.4 is 4.90 Å². The summed E-state index contributed by atoms with van der Waals surface area (Å²) in [5.41, 5.74) is 0.415. The molecule has 0 bridgehead atoms. The van der Waals surface area contributed by atoms with Crippen LogP contribution in [0.15, 0.2) is 18.3 Å². The zero-order chi connectivity index (χ0) is 13.2. The molecule has 96 valence electrons. The molecule has 1 aromatic heterocycles. The number of aromatic nitrogens is 1. The van der Waals surface area contributed by atoms with E-state index in [1.807, 2.05) is 0 Å². The molecule has 1 fully saturated rings. The Kier molecular flexibility index (Phi) is 3.78. The number of hydrogen-bond acceptors (Lipinski definition) is 6. The summed E-state index contributed by atoms with van der Waals surface area (Å²) >= 11 is 1.61. The molecule has 0 saturated carbocycles. The van der Waals surface area contributed by atoms with Crippen molar-refractivity contribution in [3.8, 4) is 6.07 Å². The van der Waals surface area contributed by atoms with Crippen molar-refractivity contribution in [1.82, 2.24) is 4.98 Å². The molecule has 2 rings (SSSR count). The maximum Gasteiger partial charge on any atom is 0.169 e. The molecular formula is C11H13N3O2S2. The van der Waals surface area contributed by atoms with E-state index >= 15 is 0 Å². The lowest BCUT2D eigenvalue weighted by Gasteiger charge is -2.35. The minimum atomic E-state index is -3.19. The number of hydrogen-bond donors (Lipinski definition) is 0. The molecule has 0 N–H and O–H groups in total. The standard InChI is InChI=1S/C11H13N3O2S2/c1-18(15,16)10-8-17-6-5-14(10)11-9(7-12)3-2-4-13-11/h2-4,10H,5-6,8H2,1H3. The average Bonchev–Trinajstić information content (AvgIpc) is 2.37. The van der Waals surface area contributed by atoms with Gasteiger partial charge in [0, 0.05) is 30.5 Å². The van der Waals surface area contributed by atoms with Gasteiger partial charge in [-0.1, -0.05) is 0 Å². The van der Waals surface area contributed by atoms with Gasteiger partial charge < -0.3 is 4.90 Å². The maximum absolute atomic E-state index is 11.8. The Hall–Kier alpha value is -1.26. The first-order valence-electron chi connectivity index (χ1n) is 5.42. The monoisotopic (exact) mass is 283 g/mol.